The molecule has 1 N–H and O–H groups in total. The van der Waals surface area contributed by atoms with E-state index < -0.39 is 11.9 Å². The molecule has 2 amide bonds. The third-order valence-corrected chi connectivity index (χ3v) is 5.46. The zero-order valence-corrected chi connectivity index (χ0v) is 16.1. The first-order valence-electron chi connectivity index (χ1n) is 10.0. The third-order valence-electron chi connectivity index (χ3n) is 5.46. The summed E-state index contributed by atoms with van der Waals surface area (Å²) in [5.41, 5.74) is 0. The molecule has 0 radical (unpaired) electrons. The summed E-state index contributed by atoms with van der Waals surface area (Å²) in [7, 11) is 0. The first-order chi connectivity index (χ1) is 13.6. The number of rotatable bonds is 7. The summed E-state index contributed by atoms with van der Waals surface area (Å²) < 4.78 is 10.4. The summed E-state index contributed by atoms with van der Waals surface area (Å²) >= 11 is 0. The van der Waals surface area contributed by atoms with Gasteiger partial charge in [-0.25, -0.2) is 0 Å². The lowest BCUT2D eigenvalue weighted by molar-refractivity contribution is -0.154. The van der Waals surface area contributed by atoms with Crippen molar-refractivity contribution in [2.24, 2.45) is 5.92 Å². The molecule has 7 heteroatoms. The first kappa shape index (κ1) is 20.2. The molecule has 1 aliphatic carbocycles. The number of carbonyl (C=O) groups is 3. The smallest absolute Gasteiger partial charge is 0.325 e. The number of likely N-dealkylation sites (tertiary alicyclic amines) is 1. The van der Waals surface area contributed by atoms with Gasteiger partial charge in [-0.3, -0.25) is 14.4 Å². The highest BCUT2D eigenvalue weighted by atomic mass is 16.5. The number of fused-ring (bicyclic) bond motifs is 1. The Morgan fingerprint density at radius 1 is 1.00 bits per heavy atom. The van der Waals surface area contributed by atoms with E-state index in [4.69, 9.17) is 9.47 Å². The summed E-state index contributed by atoms with van der Waals surface area (Å²) in [6.45, 7) is 0.00688. The van der Waals surface area contributed by atoms with E-state index in [1.807, 2.05) is 11.0 Å². The fraction of sp³-hybridized carbons (Fsp3) is 0.571. The Hall–Kier alpha value is -2.57. The van der Waals surface area contributed by atoms with E-state index in [-0.39, 0.29) is 25.7 Å². The SMILES string of the molecule is O=C(COc1ccccc1)NCC(=O)OCC(=O)N1CCC[C@@H]2CCCC[C@H]21. The minimum Gasteiger partial charge on any atom is -0.484 e. The van der Waals surface area contributed by atoms with E-state index in [0.29, 0.717) is 17.7 Å². The van der Waals surface area contributed by atoms with E-state index in [1.165, 1.54) is 19.3 Å². The van der Waals surface area contributed by atoms with Gasteiger partial charge in [0.2, 0.25) is 0 Å². The van der Waals surface area contributed by atoms with Crippen molar-refractivity contribution in [1.29, 1.82) is 0 Å². The van der Waals surface area contributed by atoms with Crippen LogP contribution in [0.25, 0.3) is 0 Å². The van der Waals surface area contributed by atoms with Gasteiger partial charge in [0.25, 0.3) is 11.8 Å². The van der Waals surface area contributed by atoms with Crippen molar-refractivity contribution >= 4 is 17.8 Å². The highest BCUT2D eigenvalue weighted by Gasteiger charge is 2.35. The molecule has 0 unspecified atom stereocenters. The lowest BCUT2D eigenvalue weighted by Gasteiger charge is -2.44. The Labute approximate surface area is 165 Å². The van der Waals surface area contributed by atoms with Crippen LogP contribution in [-0.4, -0.2) is 55.0 Å². The number of carbonyl (C=O) groups excluding carboxylic acids is 3. The Balaban J connectivity index is 1.34. The van der Waals surface area contributed by atoms with E-state index in [0.717, 1.165) is 25.8 Å². The van der Waals surface area contributed by atoms with Crippen molar-refractivity contribution < 1.29 is 23.9 Å². The second-order valence-corrected chi connectivity index (χ2v) is 7.38. The number of para-hydroxylation sites is 1. The van der Waals surface area contributed by atoms with Crippen molar-refractivity contribution in [2.75, 3.05) is 26.3 Å². The molecule has 1 saturated heterocycles. The molecule has 152 valence electrons. The van der Waals surface area contributed by atoms with Crippen LogP contribution in [0.3, 0.4) is 0 Å². The van der Waals surface area contributed by atoms with Crippen LogP contribution in [0.15, 0.2) is 30.3 Å². The molecular formula is C21H28N2O5. The number of ether oxygens (including phenoxy) is 2. The molecule has 1 saturated carbocycles. The average molecular weight is 388 g/mol. The van der Waals surface area contributed by atoms with Gasteiger partial charge < -0.3 is 19.7 Å². The van der Waals surface area contributed by atoms with Crippen LogP contribution in [0.1, 0.15) is 38.5 Å². The number of piperidine rings is 1. The number of amides is 2. The summed E-state index contributed by atoms with van der Waals surface area (Å²) in [5, 5.41) is 2.44. The number of nitrogens with one attached hydrogen (secondary N) is 1. The van der Waals surface area contributed by atoms with Gasteiger partial charge in [0.05, 0.1) is 0 Å². The normalized spacial score (nSPS) is 21.4. The quantitative estimate of drug-likeness (QED) is 0.721. The number of esters is 1. The van der Waals surface area contributed by atoms with Crippen molar-refractivity contribution in [3.05, 3.63) is 30.3 Å². The van der Waals surface area contributed by atoms with Crippen molar-refractivity contribution in [3.63, 3.8) is 0 Å². The second kappa shape index (κ2) is 10.1. The molecule has 1 aromatic carbocycles. The van der Waals surface area contributed by atoms with Crippen LogP contribution in [0.5, 0.6) is 5.75 Å². The lowest BCUT2D eigenvalue weighted by atomic mass is 9.78. The van der Waals surface area contributed by atoms with E-state index in [2.05, 4.69) is 5.32 Å². The fourth-order valence-corrected chi connectivity index (χ4v) is 4.10. The minimum absolute atomic E-state index is 0.135. The topological polar surface area (TPSA) is 84.9 Å². The molecule has 28 heavy (non-hydrogen) atoms. The number of benzene rings is 1. The maximum absolute atomic E-state index is 12.5. The molecule has 2 aliphatic rings. The van der Waals surface area contributed by atoms with Gasteiger partial charge in [0, 0.05) is 12.6 Å². The van der Waals surface area contributed by atoms with E-state index >= 15 is 0 Å². The van der Waals surface area contributed by atoms with E-state index in [1.54, 1.807) is 24.3 Å². The average Bonchev–Trinajstić information content (AvgIpc) is 2.74. The summed E-state index contributed by atoms with van der Waals surface area (Å²) in [6.07, 6.45) is 6.82. The maximum Gasteiger partial charge on any atom is 0.325 e. The molecule has 0 bridgehead atoms. The monoisotopic (exact) mass is 388 g/mol. The molecular weight excluding hydrogens is 360 g/mol. The maximum atomic E-state index is 12.5. The summed E-state index contributed by atoms with van der Waals surface area (Å²) in [4.78, 5) is 38.0. The summed E-state index contributed by atoms with van der Waals surface area (Å²) in [6, 6.07) is 9.24. The fourth-order valence-electron chi connectivity index (χ4n) is 4.10. The van der Waals surface area contributed by atoms with Gasteiger partial charge in [0.15, 0.2) is 13.2 Å². The van der Waals surface area contributed by atoms with Gasteiger partial charge in [-0.05, 0) is 43.7 Å². The molecule has 2 atom stereocenters. The zero-order chi connectivity index (χ0) is 19.8. The molecule has 1 heterocycles. The Kier molecular flexibility index (Phi) is 7.28. The number of hydrogen-bond acceptors (Lipinski definition) is 5. The second-order valence-electron chi connectivity index (χ2n) is 7.38. The predicted octanol–water partition coefficient (Wildman–Crippen LogP) is 1.91. The standard InChI is InChI=1S/C21H28N2O5/c24-19(14-27-17-9-2-1-3-10-17)22-13-21(26)28-15-20(25)23-12-6-8-16-7-4-5-11-18(16)23/h1-3,9-10,16,18H,4-8,11-15H2,(H,22,24)/t16-,18+/m0/s1. The van der Waals surface area contributed by atoms with E-state index in [9.17, 15) is 14.4 Å². The van der Waals surface area contributed by atoms with Crippen LogP contribution in [0, 0.1) is 5.92 Å². The largest absolute Gasteiger partial charge is 0.484 e. The Bertz CT molecular complexity index is 677. The van der Waals surface area contributed by atoms with Gasteiger partial charge in [0.1, 0.15) is 12.3 Å². The molecule has 1 aromatic rings. The number of nitrogens with zero attached hydrogens (tertiary/aromatic N) is 1. The minimum atomic E-state index is -0.626. The highest BCUT2D eigenvalue weighted by Crippen LogP contribution is 2.35. The molecule has 1 aliphatic heterocycles. The van der Waals surface area contributed by atoms with Crippen molar-refractivity contribution in [2.45, 2.75) is 44.6 Å². The Morgan fingerprint density at radius 3 is 2.57 bits per heavy atom. The van der Waals surface area contributed by atoms with Crippen LogP contribution in [0.2, 0.25) is 0 Å². The van der Waals surface area contributed by atoms with Crippen molar-refractivity contribution in [1.82, 2.24) is 10.2 Å². The molecule has 2 fully saturated rings. The third kappa shape index (κ3) is 5.71. The predicted molar refractivity (Wildman–Crippen MR) is 103 cm³/mol. The van der Waals surface area contributed by atoms with Crippen LogP contribution in [-0.2, 0) is 19.1 Å². The van der Waals surface area contributed by atoms with Crippen LogP contribution < -0.4 is 10.1 Å². The molecule has 0 aromatic heterocycles. The van der Waals surface area contributed by atoms with Gasteiger partial charge in [-0.15, -0.1) is 0 Å². The van der Waals surface area contributed by atoms with Gasteiger partial charge >= 0.3 is 5.97 Å². The highest BCUT2D eigenvalue weighted by molar-refractivity contribution is 5.85. The molecule has 0 spiro atoms. The number of hydrogen-bond donors (Lipinski definition) is 1. The Morgan fingerprint density at radius 2 is 1.75 bits per heavy atom. The van der Waals surface area contributed by atoms with Crippen LogP contribution in [0.4, 0.5) is 0 Å². The zero-order valence-electron chi connectivity index (χ0n) is 16.1. The summed E-state index contributed by atoms with van der Waals surface area (Å²) in [5.74, 6) is -0.0186. The van der Waals surface area contributed by atoms with Crippen molar-refractivity contribution in [3.8, 4) is 5.75 Å². The van der Waals surface area contributed by atoms with Crippen LogP contribution >= 0.6 is 0 Å². The lowest BCUT2D eigenvalue weighted by Crippen LogP contribution is -2.51. The molecule has 7 nitrogen and oxygen atoms in total. The first-order valence-corrected chi connectivity index (χ1v) is 10.0. The molecule has 3 rings (SSSR count). The van der Waals surface area contributed by atoms with Gasteiger partial charge in [-0.1, -0.05) is 31.0 Å². The van der Waals surface area contributed by atoms with Gasteiger partial charge in [-0.2, -0.15) is 0 Å².